The highest BCUT2D eigenvalue weighted by molar-refractivity contribution is 7.88. The maximum atomic E-state index is 11.6. The van der Waals surface area contributed by atoms with E-state index >= 15 is 0 Å². The molecule has 146 valence electrons. The van der Waals surface area contributed by atoms with Crippen LogP contribution in [0.2, 0.25) is 0 Å². The molecular formula is C21H29N3O2S. The fourth-order valence-electron chi connectivity index (χ4n) is 5.25. The normalized spacial score (nSPS) is 31.9. The van der Waals surface area contributed by atoms with E-state index in [9.17, 15) is 8.42 Å². The lowest BCUT2D eigenvalue weighted by Crippen LogP contribution is -2.43. The predicted molar refractivity (Wildman–Crippen MR) is 106 cm³/mol. The first kappa shape index (κ1) is 18.9. The largest absolute Gasteiger partial charge is 0.314 e. The second-order valence-electron chi connectivity index (χ2n) is 8.73. The van der Waals surface area contributed by atoms with Gasteiger partial charge in [0.1, 0.15) is 0 Å². The average molecular weight is 388 g/mol. The van der Waals surface area contributed by atoms with E-state index in [2.05, 4.69) is 23.5 Å². The van der Waals surface area contributed by atoms with E-state index in [4.69, 9.17) is 5.26 Å². The van der Waals surface area contributed by atoms with E-state index in [0.717, 1.165) is 30.9 Å². The van der Waals surface area contributed by atoms with E-state index in [1.54, 1.807) is 4.31 Å². The maximum Gasteiger partial charge on any atom is 0.211 e. The van der Waals surface area contributed by atoms with Gasteiger partial charge in [-0.05, 0) is 80.0 Å². The fourth-order valence-corrected chi connectivity index (χ4v) is 6.12. The van der Waals surface area contributed by atoms with Gasteiger partial charge in [-0.15, -0.1) is 0 Å². The molecule has 0 bridgehead atoms. The summed E-state index contributed by atoms with van der Waals surface area (Å²) in [5, 5.41) is 12.9. The van der Waals surface area contributed by atoms with Gasteiger partial charge in [-0.3, -0.25) is 0 Å². The van der Waals surface area contributed by atoms with Crippen molar-refractivity contribution in [1.82, 2.24) is 9.62 Å². The van der Waals surface area contributed by atoms with E-state index < -0.39 is 10.0 Å². The third kappa shape index (κ3) is 3.91. The van der Waals surface area contributed by atoms with Gasteiger partial charge in [-0.1, -0.05) is 12.1 Å². The Kier molecular flexibility index (Phi) is 5.04. The van der Waals surface area contributed by atoms with Gasteiger partial charge in [0.2, 0.25) is 10.0 Å². The monoisotopic (exact) mass is 387 g/mol. The molecule has 1 N–H and O–H groups in total. The summed E-state index contributed by atoms with van der Waals surface area (Å²) in [7, 11) is -3.03. The minimum absolute atomic E-state index is 0.325. The van der Waals surface area contributed by atoms with Crippen molar-refractivity contribution in [3.05, 3.63) is 35.4 Å². The van der Waals surface area contributed by atoms with Crippen LogP contribution in [-0.2, 0) is 15.4 Å². The molecule has 27 heavy (non-hydrogen) atoms. The molecule has 6 heteroatoms. The highest BCUT2D eigenvalue weighted by Gasteiger charge is 2.57. The lowest BCUT2D eigenvalue weighted by atomic mass is 9.80. The number of nitriles is 1. The molecule has 1 aromatic rings. The summed E-state index contributed by atoms with van der Waals surface area (Å²) in [6, 6.07) is 11.0. The molecule has 0 amide bonds. The average Bonchev–Trinajstić information content (AvgIpc) is 3.41. The van der Waals surface area contributed by atoms with Crippen LogP contribution >= 0.6 is 0 Å². The Morgan fingerprint density at radius 1 is 1.30 bits per heavy atom. The molecule has 3 fully saturated rings. The zero-order valence-electron chi connectivity index (χ0n) is 16.0. The molecule has 1 heterocycles. The smallest absolute Gasteiger partial charge is 0.211 e. The number of rotatable bonds is 5. The van der Waals surface area contributed by atoms with Crippen molar-refractivity contribution in [2.75, 3.05) is 25.9 Å². The van der Waals surface area contributed by atoms with Crippen LogP contribution in [0.4, 0.5) is 0 Å². The Labute approximate surface area is 162 Å². The Bertz CT molecular complexity index is 839. The Hall–Kier alpha value is -1.42. The van der Waals surface area contributed by atoms with Crippen LogP contribution in [0.15, 0.2) is 24.3 Å². The molecule has 1 aliphatic heterocycles. The Morgan fingerprint density at radius 2 is 2.07 bits per heavy atom. The van der Waals surface area contributed by atoms with Crippen LogP contribution in [0.5, 0.6) is 0 Å². The number of sulfonamides is 1. The number of hydrogen-bond acceptors (Lipinski definition) is 4. The minimum atomic E-state index is -3.03. The van der Waals surface area contributed by atoms with Crippen molar-refractivity contribution in [3.8, 4) is 6.07 Å². The topological polar surface area (TPSA) is 73.2 Å². The summed E-state index contributed by atoms with van der Waals surface area (Å²) in [5.41, 5.74) is 2.46. The van der Waals surface area contributed by atoms with Crippen molar-refractivity contribution >= 4 is 10.0 Å². The number of benzene rings is 1. The molecule has 2 aliphatic carbocycles. The molecule has 5 nitrogen and oxygen atoms in total. The van der Waals surface area contributed by atoms with Gasteiger partial charge in [0.15, 0.2) is 0 Å². The van der Waals surface area contributed by atoms with Crippen molar-refractivity contribution in [1.29, 1.82) is 5.26 Å². The first-order valence-electron chi connectivity index (χ1n) is 10.1. The molecule has 4 rings (SSSR count). The summed E-state index contributed by atoms with van der Waals surface area (Å²) in [6.45, 7) is 2.33. The number of nitrogens with one attached hydrogen (secondary N) is 1. The second kappa shape index (κ2) is 7.20. The summed E-state index contributed by atoms with van der Waals surface area (Å²) in [6.07, 6.45) is 8.10. The van der Waals surface area contributed by atoms with Gasteiger partial charge >= 0.3 is 0 Å². The molecule has 1 saturated heterocycles. The van der Waals surface area contributed by atoms with E-state index in [0.29, 0.717) is 30.5 Å². The van der Waals surface area contributed by atoms with Crippen molar-refractivity contribution < 1.29 is 8.42 Å². The SMILES string of the molecule is CS(=O)(=O)N1CCC(CN[C@@H]2CC[C@]3(c4cccc(C#N)c4)CC3C2)CC1. The van der Waals surface area contributed by atoms with E-state index in [1.165, 1.54) is 37.5 Å². The molecule has 1 unspecified atom stereocenters. The van der Waals surface area contributed by atoms with Crippen molar-refractivity contribution in [2.24, 2.45) is 11.8 Å². The maximum absolute atomic E-state index is 11.6. The second-order valence-corrected chi connectivity index (χ2v) is 10.7. The molecule has 0 aromatic heterocycles. The van der Waals surface area contributed by atoms with Gasteiger partial charge in [-0.2, -0.15) is 5.26 Å². The van der Waals surface area contributed by atoms with Crippen molar-refractivity contribution in [2.45, 2.75) is 50.0 Å². The molecular weight excluding hydrogens is 358 g/mol. The Balaban J connectivity index is 1.26. The summed E-state index contributed by atoms with van der Waals surface area (Å²) >= 11 is 0. The molecule has 0 spiro atoms. The fraction of sp³-hybridized carbons (Fsp3) is 0.667. The first-order chi connectivity index (χ1) is 12.9. The van der Waals surface area contributed by atoms with Gasteiger partial charge in [-0.25, -0.2) is 12.7 Å². The highest BCUT2D eigenvalue weighted by Crippen LogP contribution is 2.62. The number of hydrogen-bond donors (Lipinski definition) is 1. The van der Waals surface area contributed by atoms with Crippen LogP contribution in [0, 0.1) is 23.2 Å². The first-order valence-corrected chi connectivity index (χ1v) is 11.9. The quantitative estimate of drug-likeness (QED) is 0.843. The Morgan fingerprint density at radius 3 is 2.74 bits per heavy atom. The third-order valence-corrected chi connectivity index (χ3v) is 8.35. The van der Waals surface area contributed by atoms with Gasteiger partial charge in [0, 0.05) is 19.1 Å². The van der Waals surface area contributed by atoms with Crippen LogP contribution < -0.4 is 5.32 Å². The van der Waals surface area contributed by atoms with Gasteiger partial charge in [0.25, 0.3) is 0 Å². The zero-order valence-corrected chi connectivity index (χ0v) is 16.8. The van der Waals surface area contributed by atoms with Crippen LogP contribution in [0.3, 0.4) is 0 Å². The zero-order chi connectivity index (χ0) is 19.1. The molecule has 0 radical (unpaired) electrons. The molecule has 3 atom stereocenters. The number of fused-ring (bicyclic) bond motifs is 1. The lowest BCUT2D eigenvalue weighted by molar-refractivity contribution is 0.248. The summed E-state index contributed by atoms with van der Waals surface area (Å²) < 4.78 is 24.8. The van der Waals surface area contributed by atoms with Crippen LogP contribution in [-0.4, -0.2) is 44.7 Å². The summed E-state index contributed by atoms with van der Waals surface area (Å²) in [5.74, 6) is 1.32. The van der Waals surface area contributed by atoms with Gasteiger partial charge in [0.05, 0.1) is 17.9 Å². The third-order valence-electron chi connectivity index (χ3n) is 7.04. The molecule has 1 aromatic carbocycles. The molecule has 2 saturated carbocycles. The van der Waals surface area contributed by atoms with Crippen LogP contribution in [0.25, 0.3) is 0 Å². The van der Waals surface area contributed by atoms with Crippen molar-refractivity contribution in [3.63, 3.8) is 0 Å². The minimum Gasteiger partial charge on any atom is -0.314 e. The standard InChI is InChI=1S/C21H29N3O2S/c1-27(25,26)24-9-6-16(7-10-24)15-23-20-5-8-21(13-19(21)12-20)18-4-2-3-17(11-18)14-22/h2-4,11,16,19-20,23H,5-10,12-13,15H2,1H3/t19?,20-,21-/m1/s1. The van der Waals surface area contributed by atoms with E-state index in [1.807, 2.05) is 12.1 Å². The number of piperidine rings is 1. The number of nitrogens with zero attached hydrogens (tertiary/aromatic N) is 2. The van der Waals surface area contributed by atoms with E-state index in [-0.39, 0.29) is 0 Å². The predicted octanol–water partition coefficient (Wildman–Crippen LogP) is 2.63. The molecule has 3 aliphatic rings. The highest BCUT2D eigenvalue weighted by atomic mass is 32.2. The summed E-state index contributed by atoms with van der Waals surface area (Å²) in [4.78, 5) is 0. The van der Waals surface area contributed by atoms with Crippen LogP contribution in [0.1, 0.15) is 49.7 Å². The van der Waals surface area contributed by atoms with Gasteiger partial charge < -0.3 is 5.32 Å². The lowest BCUT2D eigenvalue weighted by Gasteiger charge is -2.33.